The SMILES string of the molecule is Brc1c(Br)c(Br)c(OCCOc2c(Br)c(Br)c(Br)c(Br)c2Br)c(Br)c1Br.Cc1ccc(C)cc1. The van der Waals surface area contributed by atoms with Crippen molar-refractivity contribution in [3.63, 3.8) is 0 Å². The Labute approximate surface area is 283 Å². The highest BCUT2D eigenvalue weighted by Crippen LogP contribution is 2.50. The predicted octanol–water partition coefficient (Wildman–Crippen LogP) is 13.1. The highest BCUT2D eigenvalue weighted by atomic mass is 79.9. The molecule has 0 aliphatic carbocycles. The van der Waals surface area contributed by atoms with Gasteiger partial charge < -0.3 is 9.47 Å². The highest BCUT2D eigenvalue weighted by Gasteiger charge is 2.20. The molecule has 0 amide bonds. The topological polar surface area (TPSA) is 18.5 Å². The fraction of sp³-hybridized carbons (Fsp3) is 0.182. The van der Waals surface area contributed by atoms with Crippen LogP contribution < -0.4 is 9.47 Å². The van der Waals surface area contributed by atoms with Crippen LogP contribution in [0.3, 0.4) is 0 Å². The maximum Gasteiger partial charge on any atom is 0.150 e. The Hall–Kier alpha value is 2.06. The van der Waals surface area contributed by atoms with Gasteiger partial charge in [0.25, 0.3) is 0 Å². The van der Waals surface area contributed by atoms with Crippen molar-refractivity contribution in [1.82, 2.24) is 0 Å². The molecule has 3 aromatic carbocycles. The minimum absolute atomic E-state index is 0.349. The van der Waals surface area contributed by atoms with E-state index in [-0.39, 0.29) is 0 Å². The largest absolute Gasteiger partial charge is 0.488 e. The second-order valence-corrected chi connectivity index (χ2v) is 14.6. The number of hydrogen-bond acceptors (Lipinski definition) is 2. The van der Waals surface area contributed by atoms with Crippen LogP contribution in [0.4, 0.5) is 0 Å². The van der Waals surface area contributed by atoms with Gasteiger partial charge in [-0.3, -0.25) is 0 Å². The van der Waals surface area contributed by atoms with Gasteiger partial charge in [-0.05, 0) is 173 Å². The van der Waals surface area contributed by atoms with Crippen molar-refractivity contribution in [1.29, 1.82) is 0 Å². The van der Waals surface area contributed by atoms with Crippen molar-refractivity contribution in [2.24, 2.45) is 0 Å². The Bertz CT molecular complexity index is 1030. The molecule has 12 heteroatoms. The smallest absolute Gasteiger partial charge is 0.150 e. The normalized spacial score (nSPS) is 10.6. The lowest BCUT2D eigenvalue weighted by Crippen LogP contribution is -2.10. The summed E-state index contributed by atoms with van der Waals surface area (Å²) in [6.45, 7) is 4.89. The summed E-state index contributed by atoms with van der Waals surface area (Å²) in [7, 11) is 0. The van der Waals surface area contributed by atoms with Gasteiger partial charge >= 0.3 is 0 Å². The Morgan fingerprint density at radius 3 is 0.853 bits per heavy atom. The van der Waals surface area contributed by atoms with E-state index in [2.05, 4.69) is 197 Å². The van der Waals surface area contributed by atoms with Crippen LogP contribution in [0.5, 0.6) is 11.5 Å². The van der Waals surface area contributed by atoms with Gasteiger partial charge in [-0.2, -0.15) is 0 Å². The zero-order valence-corrected chi connectivity index (χ0v) is 33.2. The fourth-order valence-electron chi connectivity index (χ4n) is 2.35. The van der Waals surface area contributed by atoms with E-state index < -0.39 is 0 Å². The molecule has 2 nitrogen and oxygen atoms in total. The minimum atomic E-state index is 0.349. The van der Waals surface area contributed by atoms with E-state index in [9.17, 15) is 0 Å². The van der Waals surface area contributed by atoms with Crippen molar-refractivity contribution >= 4 is 159 Å². The molecule has 0 N–H and O–H groups in total. The third-order valence-electron chi connectivity index (χ3n) is 4.13. The maximum absolute atomic E-state index is 5.91. The molecule has 184 valence electrons. The lowest BCUT2D eigenvalue weighted by molar-refractivity contribution is 0.213. The number of ether oxygens (including phenoxy) is 2. The Kier molecular flexibility index (Phi) is 14.2. The molecule has 0 spiro atoms. The van der Waals surface area contributed by atoms with Crippen molar-refractivity contribution in [2.75, 3.05) is 13.2 Å². The molecule has 0 aliphatic rings. The Balaban J connectivity index is 0.000000430. The zero-order valence-electron chi connectivity index (χ0n) is 17.3. The lowest BCUT2D eigenvalue weighted by Gasteiger charge is -2.17. The van der Waals surface area contributed by atoms with E-state index in [4.69, 9.17) is 9.47 Å². The van der Waals surface area contributed by atoms with Crippen LogP contribution in [0.15, 0.2) is 69.0 Å². The molecule has 0 atom stereocenters. The molecular formula is C22H14Br10O2. The standard InChI is InChI=1S/C14H4Br10O2.C8H10/c15-3-5(17)9(21)13(10(22)6(3)18)25-1-2-26-14-11(23)7(19)4(16)8(20)12(14)24;1-7-3-5-8(2)6-4-7/h1-2H2;3-6H,1-2H3. The third kappa shape index (κ3) is 8.28. The van der Waals surface area contributed by atoms with Gasteiger partial charge in [0.2, 0.25) is 0 Å². The fourth-order valence-corrected chi connectivity index (χ4v) is 8.83. The molecule has 0 saturated heterocycles. The van der Waals surface area contributed by atoms with E-state index in [0.717, 1.165) is 44.7 Å². The van der Waals surface area contributed by atoms with Gasteiger partial charge in [0.05, 0.1) is 35.8 Å². The minimum Gasteiger partial charge on any atom is -0.488 e. The number of halogens is 10. The van der Waals surface area contributed by atoms with Crippen molar-refractivity contribution in [3.05, 3.63) is 80.1 Å². The van der Waals surface area contributed by atoms with E-state index in [0.29, 0.717) is 24.7 Å². The summed E-state index contributed by atoms with van der Waals surface area (Å²) < 4.78 is 20.2. The monoisotopic (exact) mass is 1100 g/mol. The molecule has 34 heavy (non-hydrogen) atoms. The van der Waals surface area contributed by atoms with Gasteiger partial charge in [-0.15, -0.1) is 0 Å². The maximum atomic E-state index is 5.91. The van der Waals surface area contributed by atoms with Crippen LogP contribution in [-0.2, 0) is 0 Å². The van der Waals surface area contributed by atoms with Gasteiger partial charge in [0.1, 0.15) is 24.7 Å². The second-order valence-electron chi connectivity index (χ2n) is 6.65. The van der Waals surface area contributed by atoms with Crippen LogP contribution in [0.1, 0.15) is 11.1 Å². The molecule has 0 saturated carbocycles. The van der Waals surface area contributed by atoms with Crippen molar-refractivity contribution < 1.29 is 9.47 Å². The summed E-state index contributed by atoms with van der Waals surface area (Å²) >= 11 is 35.2. The average molecular weight is 1110 g/mol. The number of aryl methyl sites for hydroxylation is 2. The lowest BCUT2D eigenvalue weighted by atomic mass is 10.2. The summed E-state index contributed by atoms with van der Waals surface area (Å²) in [6, 6.07) is 8.48. The van der Waals surface area contributed by atoms with Crippen LogP contribution in [0.25, 0.3) is 0 Å². The molecule has 0 aliphatic heterocycles. The second kappa shape index (κ2) is 15.0. The number of rotatable bonds is 5. The summed E-state index contributed by atoms with van der Waals surface area (Å²) in [5, 5.41) is 0. The molecule has 0 fully saturated rings. The Morgan fingerprint density at radius 1 is 0.412 bits per heavy atom. The first-order valence-electron chi connectivity index (χ1n) is 9.20. The molecule has 0 heterocycles. The highest BCUT2D eigenvalue weighted by molar-refractivity contribution is 9.16. The van der Waals surface area contributed by atoms with E-state index >= 15 is 0 Å². The van der Waals surface area contributed by atoms with Gasteiger partial charge in [0, 0.05) is 8.95 Å². The van der Waals surface area contributed by atoms with E-state index in [1.807, 2.05) is 0 Å². The molecule has 0 bridgehead atoms. The Morgan fingerprint density at radius 2 is 0.618 bits per heavy atom. The molecule has 3 aromatic rings. The zero-order chi connectivity index (χ0) is 25.7. The van der Waals surface area contributed by atoms with Gasteiger partial charge in [-0.25, -0.2) is 0 Å². The third-order valence-corrected chi connectivity index (χ3v) is 16.2. The first-order chi connectivity index (χ1) is 15.9. The molecular weight excluding hydrogens is 1100 g/mol. The quantitative estimate of drug-likeness (QED) is 0.144. The molecule has 0 aromatic heterocycles. The van der Waals surface area contributed by atoms with Crippen molar-refractivity contribution in [2.45, 2.75) is 13.8 Å². The van der Waals surface area contributed by atoms with Gasteiger partial charge in [0.15, 0.2) is 0 Å². The number of hydrogen-bond donors (Lipinski definition) is 0. The summed E-state index contributed by atoms with van der Waals surface area (Å²) in [6.07, 6.45) is 0. The molecule has 3 rings (SSSR count). The molecule has 0 radical (unpaired) electrons. The summed E-state index contributed by atoms with van der Waals surface area (Å²) in [4.78, 5) is 0. The number of benzene rings is 3. The van der Waals surface area contributed by atoms with E-state index in [1.165, 1.54) is 11.1 Å². The van der Waals surface area contributed by atoms with Crippen molar-refractivity contribution in [3.8, 4) is 11.5 Å². The van der Waals surface area contributed by atoms with Crippen LogP contribution in [0, 0.1) is 13.8 Å². The van der Waals surface area contributed by atoms with Crippen LogP contribution >= 0.6 is 159 Å². The summed E-state index contributed by atoms with van der Waals surface area (Å²) in [5.41, 5.74) is 2.66. The first kappa shape index (κ1) is 32.3. The van der Waals surface area contributed by atoms with Crippen LogP contribution in [0.2, 0.25) is 0 Å². The molecule has 0 unspecified atom stereocenters. The van der Waals surface area contributed by atoms with E-state index in [1.54, 1.807) is 0 Å². The average Bonchev–Trinajstić information content (AvgIpc) is 2.82. The predicted molar refractivity (Wildman–Crippen MR) is 177 cm³/mol. The van der Waals surface area contributed by atoms with Crippen LogP contribution in [-0.4, -0.2) is 13.2 Å². The summed E-state index contributed by atoms with van der Waals surface area (Å²) in [5.74, 6) is 1.35. The first-order valence-corrected chi connectivity index (χ1v) is 17.1. The van der Waals surface area contributed by atoms with Gasteiger partial charge in [-0.1, -0.05) is 35.4 Å².